The summed E-state index contributed by atoms with van der Waals surface area (Å²) < 4.78 is 7.35. The highest BCUT2D eigenvalue weighted by molar-refractivity contribution is 5.97. The van der Waals surface area contributed by atoms with Gasteiger partial charge in [0.2, 0.25) is 0 Å². The van der Waals surface area contributed by atoms with Crippen LogP contribution >= 0.6 is 0 Å². The SMILES string of the molecule is Cc1cc(C(=O)N2CCN(C(=O)c3ccc4nccn4c3)[C@H](C)[C@H]2C)c(C)o1. The van der Waals surface area contributed by atoms with Crippen LogP contribution in [0.4, 0.5) is 0 Å². The van der Waals surface area contributed by atoms with E-state index in [1.165, 1.54) is 0 Å². The fourth-order valence-electron chi connectivity index (χ4n) is 3.93. The van der Waals surface area contributed by atoms with Gasteiger partial charge in [-0.1, -0.05) is 0 Å². The minimum Gasteiger partial charge on any atom is -0.466 e. The predicted octanol–water partition coefficient (Wildman–Crippen LogP) is 2.92. The van der Waals surface area contributed by atoms with Crippen LogP contribution in [-0.4, -0.2) is 56.2 Å². The highest BCUT2D eigenvalue weighted by Gasteiger charge is 2.37. The Labute approximate surface area is 163 Å². The molecule has 1 fully saturated rings. The van der Waals surface area contributed by atoms with Crippen LogP contribution in [0, 0.1) is 13.8 Å². The van der Waals surface area contributed by atoms with Crippen LogP contribution in [0.5, 0.6) is 0 Å². The van der Waals surface area contributed by atoms with E-state index in [1.807, 2.05) is 47.2 Å². The van der Waals surface area contributed by atoms with E-state index in [1.54, 1.807) is 31.5 Å². The van der Waals surface area contributed by atoms with E-state index in [2.05, 4.69) is 4.98 Å². The van der Waals surface area contributed by atoms with E-state index in [9.17, 15) is 9.59 Å². The maximum atomic E-state index is 13.1. The minimum atomic E-state index is -0.100. The Morgan fingerprint density at radius 3 is 2.39 bits per heavy atom. The molecular weight excluding hydrogens is 356 g/mol. The second-order valence-electron chi connectivity index (χ2n) is 7.42. The monoisotopic (exact) mass is 380 g/mol. The van der Waals surface area contributed by atoms with Gasteiger partial charge in [-0.2, -0.15) is 0 Å². The van der Waals surface area contributed by atoms with Gasteiger partial charge in [0.15, 0.2) is 0 Å². The number of rotatable bonds is 2. The number of imidazole rings is 1. The van der Waals surface area contributed by atoms with Crippen molar-refractivity contribution in [1.29, 1.82) is 0 Å². The zero-order valence-corrected chi connectivity index (χ0v) is 16.5. The van der Waals surface area contributed by atoms with Gasteiger partial charge in [-0.15, -0.1) is 0 Å². The van der Waals surface area contributed by atoms with Crippen molar-refractivity contribution in [2.45, 2.75) is 39.8 Å². The Morgan fingerprint density at radius 1 is 1.07 bits per heavy atom. The van der Waals surface area contributed by atoms with Crippen LogP contribution in [-0.2, 0) is 0 Å². The lowest BCUT2D eigenvalue weighted by Crippen LogP contribution is -2.60. The summed E-state index contributed by atoms with van der Waals surface area (Å²) in [6, 6.07) is 5.23. The highest BCUT2D eigenvalue weighted by atomic mass is 16.3. The zero-order valence-electron chi connectivity index (χ0n) is 16.5. The maximum absolute atomic E-state index is 13.1. The molecule has 2 atom stereocenters. The van der Waals surface area contributed by atoms with Crippen molar-refractivity contribution in [2.75, 3.05) is 13.1 Å². The molecule has 0 radical (unpaired) electrons. The summed E-state index contributed by atoms with van der Waals surface area (Å²) in [4.78, 5) is 34.0. The van der Waals surface area contributed by atoms with Gasteiger partial charge >= 0.3 is 0 Å². The lowest BCUT2D eigenvalue weighted by Gasteiger charge is -2.45. The van der Waals surface area contributed by atoms with E-state index in [0.717, 1.165) is 11.4 Å². The number of aromatic nitrogens is 2. The summed E-state index contributed by atoms with van der Waals surface area (Å²) in [5.41, 5.74) is 2.02. The Balaban J connectivity index is 1.54. The van der Waals surface area contributed by atoms with Gasteiger partial charge in [0.25, 0.3) is 11.8 Å². The van der Waals surface area contributed by atoms with Crippen molar-refractivity contribution in [2.24, 2.45) is 0 Å². The van der Waals surface area contributed by atoms with E-state index in [0.29, 0.717) is 30.0 Å². The van der Waals surface area contributed by atoms with Crippen LogP contribution in [0.1, 0.15) is 46.1 Å². The van der Waals surface area contributed by atoms with Crippen LogP contribution in [0.25, 0.3) is 5.65 Å². The predicted molar refractivity (Wildman–Crippen MR) is 104 cm³/mol. The number of nitrogens with zero attached hydrogens (tertiary/aromatic N) is 4. The molecule has 2 amide bonds. The van der Waals surface area contributed by atoms with Crippen LogP contribution in [0.15, 0.2) is 41.2 Å². The number of pyridine rings is 1. The Hall–Kier alpha value is -3.09. The number of carbonyl (C=O) groups is 2. The number of amides is 2. The third-order valence-corrected chi connectivity index (χ3v) is 5.69. The van der Waals surface area contributed by atoms with Gasteiger partial charge in [-0.05, 0) is 45.9 Å². The molecule has 7 heteroatoms. The fraction of sp³-hybridized carbons (Fsp3) is 0.381. The average Bonchev–Trinajstić information content (AvgIpc) is 3.27. The molecule has 1 aliphatic heterocycles. The van der Waals surface area contributed by atoms with Gasteiger partial charge < -0.3 is 18.6 Å². The highest BCUT2D eigenvalue weighted by Crippen LogP contribution is 2.24. The van der Waals surface area contributed by atoms with E-state index < -0.39 is 0 Å². The first-order valence-electron chi connectivity index (χ1n) is 9.48. The van der Waals surface area contributed by atoms with Crippen LogP contribution in [0.3, 0.4) is 0 Å². The molecule has 1 aliphatic rings. The van der Waals surface area contributed by atoms with Crippen molar-refractivity contribution in [3.8, 4) is 0 Å². The Morgan fingerprint density at radius 2 is 1.75 bits per heavy atom. The van der Waals surface area contributed by atoms with E-state index in [-0.39, 0.29) is 23.9 Å². The largest absolute Gasteiger partial charge is 0.466 e. The topological polar surface area (TPSA) is 71.1 Å². The first-order valence-corrected chi connectivity index (χ1v) is 9.48. The number of fused-ring (bicyclic) bond motifs is 1. The van der Waals surface area contributed by atoms with Gasteiger partial charge in [-0.25, -0.2) is 4.98 Å². The van der Waals surface area contributed by atoms with Crippen molar-refractivity contribution in [3.63, 3.8) is 0 Å². The molecule has 0 spiro atoms. The van der Waals surface area contributed by atoms with E-state index in [4.69, 9.17) is 4.42 Å². The van der Waals surface area contributed by atoms with Crippen molar-refractivity contribution >= 4 is 17.5 Å². The van der Waals surface area contributed by atoms with Gasteiger partial charge in [0.05, 0.1) is 11.1 Å². The molecule has 0 aliphatic carbocycles. The fourth-order valence-corrected chi connectivity index (χ4v) is 3.93. The summed E-state index contributed by atoms with van der Waals surface area (Å²) in [7, 11) is 0. The Kier molecular flexibility index (Phi) is 4.45. The average molecular weight is 380 g/mol. The third kappa shape index (κ3) is 2.96. The minimum absolute atomic E-state index is 0.0302. The van der Waals surface area contributed by atoms with Crippen molar-refractivity contribution in [3.05, 3.63) is 59.4 Å². The number of furan rings is 1. The molecule has 146 valence electrons. The number of aryl methyl sites for hydroxylation is 2. The lowest BCUT2D eigenvalue weighted by molar-refractivity contribution is 0.0239. The molecule has 0 unspecified atom stereocenters. The quantitative estimate of drug-likeness (QED) is 0.685. The summed E-state index contributed by atoms with van der Waals surface area (Å²) in [5, 5.41) is 0. The second-order valence-corrected chi connectivity index (χ2v) is 7.42. The summed E-state index contributed by atoms with van der Waals surface area (Å²) in [5.74, 6) is 1.29. The molecule has 7 nitrogen and oxygen atoms in total. The number of hydrogen-bond acceptors (Lipinski definition) is 4. The summed E-state index contributed by atoms with van der Waals surface area (Å²) in [6.45, 7) is 8.61. The van der Waals surface area contributed by atoms with Crippen LogP contribution < -0.4 is 0 Å². The van der Waals surface area contributed by atoms with Gasteiger partial charge in [0.1, 0.15) is 17.2 Å². The van der Waals surface area contributed by atoms with Crippen LogP contribution in [0.2, 0.25) is 0 Å². The van der Waals surface area contributed by atoms with Gasteiger partial charge in [0, 0.05) is 43.8 Å². The second kappa shape index (κ2) is 6.82. The normalized spacial score (nSPS) is 20.0. The standard InChI is InChI=1S/C21H24N4O3/c1-13-11-18(16(4)28-13)21(27)25-10-9-24(14(2)15(25)3)20(26)17-5-6-19-22-7-8-23(19)12-17/h5-8,11-12,14-15H,9-10H2,1-4H3/t14-,15-/m1/s1. The lowest BCUT2D eigenvalue weighted by atomic mass is 10.0. The number of piperazine rings is 1. The van der Waals surface area contributed by atoms with Gasteiger partial charge in [-0.3, -0.25) is 9.59 Å². The molecule has 0 saturated carbocycles. The molecule has 0 aromatic carbocycles. The Bertz CT molecular complexity index is 1050. The number of hydrogen-bond donors (Lipinski definition) is 0. The molecule has 3 aromatic heterocycles. The maximum Gasteiger partial charge on any atom is 0.257 e. The van der Waals surface area contributed by atoms with E-state index >= 15 is 0 Å². The smallest absolute Gasteiger partial charge is 0.257 e. The summed E-state index contributed by atoms with van der Waals surface area (Å²) in [6.07, 6.45) is 5.33. The first-order chi connectivity index (χ1) is 13.4. The molecule has 28 heavy (non-hydrogen) atoms. The molecule has 0 bridgehead atoms. The molecule has 0 N–H and O–H groups in total. The molecule has 4 heterocycles. The molecule has 4 rings (SSSR count). The summed E-state index contributed by atoms with van der Waals surface area (Å²) >= 11 is 0. The molecular formula is C21H24N4O3. The molecule has 1 saturated heterocycles. The third-order valence-electron chi connectivity index (χ3n) is 5.69. The zero-order chi connectivity index (χ0) is 20.0. The first kappa shape index (κ1) is 18.3. The molecule has 3 aromatic rings. The van der Waals surface area contributed by atoms with Crippen molar-refractivity contribution in [1.82, 2.24) is 19.2 Å². The van der Waals surface area contributed by atoms with Crippen molar-refractivity contribution < 1.29 is 14.0 Å². The number of carbonyl (C=O) groups excluding carboxylic acids is 2.